The third kappa shape index (κ3) is 2.63. The Hall–Kier alpha value is -0.870. The molecule has 1 amide bonds. The zero-order chi connectivity index (χ0) is 14.0. The van der Waals surface area contributed by atoms with Crippen molar-refractivity contribution >= 4 is 21.8 Å². The maximum Gasteiger partial charge on any atom is 0.230 e. The van der Waals surface area contributed by atoms with E-state index < -0.39 is 0 Å². The van der Waals surface area contributed by atoms with Crippen LogP contribution in [0, 0.1) is 0 Å². The van der Waals surface area contributed by atoms with Crippen LogP contribution < -0.4 is 10.6 Å². The van der Waals surface area contributed by atoms with Gasteiger partial charge in [0.15, 0.2) is 0 Å². The van der Waals surface area contributed by atoms with Crippen LogP contribution in [0.15, 0.2) is 28.7 Å². The third-order valence-corrected chi connectivity index (χ3v) is 5.20. The molecule has 4 heteroatoms. The Labute approximate surface area is 128 Å². The van der Waals surface area contributed by atoms with Gasteiger partial charge in [0.05, 0.1) is 5.41 Å². The molecule has 1 saturated heterocycles. The molecule has 1 aliphatic heterocycles. The number of hydrogen-bond donors (Lipinski definition) is 2. The van der Waals surface area contributed by atoms with Crippen LogP contribution in [0.1, 0.15) is 37.7 Å². The highest BCUT2D eigenvalue weighted by Gasteiger charge is 2.46. The van der Waals surface area contributed by atoms with Crippen molar-refractivity contribution in [2.75, 3.05) is 13.1 Å². The van der Waals surface area contributed by atoms with Crippen molar-refractivity contribution in [1.82, 2.24) is 10.6 Å². The van der Waals surface area contributed by atoms with E-state index in [1.807, 2.05) is 12.1 Å². The molecule has 2 N–H and O–H groups in total. The van der Waals surface area contributed by atoms with E-state index in [1.165, 1.54) is 0 Å². The number of benzene rings is 1. The fourth-order valence-corrected chi connectivity index (χ4v) is 3.51. The predicted octanol–water partition coefficient (Wildman–Crippen LogP) is 2.74. The third-order valence-electron chi connectivity index (χ3n) is 4.67. The fraction of sp³-hybridized carbons (Fsp3) is 0.562. The Morgan fingerprint density at radius 3 is 2.55 bits per heavy atom. The van der Waals surface area contributed by atoms with Crippen LogP contribution in [0.5, 0.6) is 0 Å². The summed E-state index contributed by atoms with van der Waals surface area (Å²) in [4.78, 5) is 12.8. The lowest BCUT2D eigenvalue weighted by Gasteiger charge is -2.42. The van der Waals surface area contributed by atoms with Crippen molar-refractivity contribution in [3.63, 3.8) is 0 Å². The molecule has 1 saturated carbocycles. The monoisotopic (exact) mass is 336 g/mol. The number of rotatable bonds is 3. The summed E-state index contributed by atoms with van der Waals surface area (Å²) < 4.78 is 1.06. The molecule has 2 aliphatic rings. The number of hydrogen-bond acceptors (Lipinski definition) is 2. The first-order chi connectivity index (χ1) is 9.71. The van der Waals surface area contributed by atoms with Gasteiger partial charge in [0, 0.05) is 17.1 Å². The highest BCUT2D eigenvalue weighted by Crippen LogP contribution is 2.44. The topological polar surface area (TPSA) is 41.1 Å². The summed E-state index contributed by atoms with van der Waals surface area (Å²) in [6, 6.07) is 8.53. The molecule has 1 aromatic rings. The Morgan fingerprint density at radius 2 is 2.00 bits per heavy atom. The molecule has 0 bridgehead atoms. The first-order valence-electron chi connectivity index (χ1n) is 7.48. The maximum atomic E-state index is 12.8. The van der Waals surface area contributed by atoms with Crippen molar-refractivity contribution in [3.8, 4) is 0 Å². The summed E-state index contributed by atoms with van der Waals surface area (Å²) in [5.41, 5.74) is 0.881. The number of halogens is 1. The summed E-state index contributed by atoms with van der Waals surface area (Å²) in [6.07, 6.45) is 5.33. The van der Waals surface area contributed by atoms with E-state index in [0.29, 0.717) is 6.04 Å². The lowest BCUT2D eigenvalue weighted by molar-refractivity contribution is -0.130. The Kier molecular flexibility index (Phi) is 4.13. The van der Waals surface area contributed by atoms with Crippen LogP contribution in [0.3, 0.4) is 0 Å². The maximum absolute atomic E-state index is 12.8. The molecule has 20 heavy (non-hydrogen) atoms. The van der Waals surface area contributed by atoms with E-state index in [9.17, 15) is 4.79 Å². The second kappa shape index (κ2) is 5.86. The lowest BCUT2D eigenvalue weighted by atomic mass is 9.63. The standard InChI is InChI=1S/C16H21BrN2O/c17-13-6-4-12(5-7-13)16(8-2-9-16)15(20)19-14-3-1-10-18-11-14/h4-7,14,18H,1-3,8-11H2,(H,19,20). The van der Waals surface area contributed by atoms with Gasteiger partial charge in [0.2, 0.25) is 5.91 Å². The molecule has 1 unspecified atom stereocenters. The van der Waals surface area contributed by atoms with Gasteiger partial charge in [-0.3, -0.25) is 4.79 Å². The van der Waals surface area contributed by atoms with Crippen LogP contribution in [-0.2, 0) is 10.2 Å². The highest BCUT2D eigenvalue weighted by atomic mass is 79.9. The Balaban J connectivity index is 1.74. The van der Waals surface area contributed by atoms with Gasteiger partial charge in [-0.05, 0) is 49.9 Å². The lowest BCUT2D eigenvalue weighted by Crippen LogP contribution is -2.55. The van der Waals surface area contributed by atoms with E-state index in [0.717, 1.165) is 55.2 Å². The number of piperidine rings is 1. The number of nitrogens with one attached hydrogen (secondary N) is 2. The average molecular weight is 337 g/mol. The fourth-order valence-electron chi connectivity index (χ4n) is 3.24. The largest absolute Gasteiger partial charge is 0.351 e. The Morgan fingerprint density at radius 1 is 1.25 bits per heavy atom. The molecule has 3 nitrogen and oxygen atoms in total. The molecule has 1 heterocycles. The molecular formula is C16H21BrN2O. The zero-order valence-electron chi connectivity index (χ0n) is 11.6. The summed E-state index contributed by atoms with van der Waals surface area (Å²) in [7, 11) is 0. The van der Waals surface area contributed by atoms with E-state index in [1.54, 1.807) is 0 Å². The van der Waals surface area contributed by atoms with Crippen molar-refractivity contribution < 1.29 is 4.79 Å². The van der Waals surface area contributed by atoms with Crippen LogP contribution >= 0.6 is 15.9 Å². The van der Waals surface area contributed by atoms with E-state index in [4.69, 9.17) is 0 Å². The quantitative estimate of drug-likeness (QED) is 0.891. The molecule has 0 aromatic heterocycles. The van der Waals surface area contributed by atoms with Gasteiger partial charge >= 0.3 is 0 Å². The molecule has 0 spiro atoms. The summed E-state index contributed by atoms with van der Waals surface area (Å²) in [5, 5.41) is 6.62. The second-order valence-corrected chi connectivity index (χ2v) is 6.87. The number of amides is 1. The van der Waals surface area contributed by atoms with Gasteiger partial charge in [0.1, 0.15) is 0 Å². The van der Waals surface area contributed by atoms with Gasteiger partial charge in [0.25, 0.3) is 0 Å². The molecule has 108 valence electrons. The molecule has 1 aromatic carbocycles. The number of carbonyl (C=O) groups excluding carboxylic acids is 1. The van der Waals surface area contributed by atoms with Gasteiger partial charge in [-0.15, -0.1) is 0 Å². The van der Waals surface area contributed by atoms with Crippen LogP contribution in [0.4, 0.5) is 0 Å². The molecule has 3 rings (SSSR count). The zero-order valence-corrected chi connectivity index (χ0v) is 13.2. The molecule has 2 fully saturated rings. The summed E-state index contributed by atoms with van der Waals surface area (Å²) in [6.45, 7) is 1.98. The molecular weight excluding hydrogens is 316 g/mol. The summed E-state index contributed by atoms with van der Waals surface area (Å²) in [5.74, 6) is 0.222. The highest BCUT2D eigenvalue weighted by molar-refractivity contribution is 9.10. The normalized spacial score (nSPS) is 24.8. The first kappa shape index (κ1) is 14.1. The predicted molar refractivity (Wildman–Crippen MR) is 83.7 cm³/mol. The SMILES string of the molecule is O=C(NC1CCCNC1)C1(c2ccc(Br)cc2)CCC1. The second-order valence-electron chi connectivity index (χ2n) is 5.96. The van der Waals surface area contributed by atoms with Gasteiger partial charge in [-0.2, -0.15) is 0 Å². The summed E-state index contributed by atoms with van der Waals surface area (Å²) >= 11 is 3.46. The van der Waals surface area contributed by atoms with E-state index >= 15 is 0 Å². The van der Waals surface area contributed by atoms with Crippen molar-refractivity contribution in [1.29, 1.82) is 0 Å². The van der Waals surface area contributed by atoms with Gasteiger partial charge < -0.3 is 10.6 Å². The van der Waals surface area contributed by atoms with Crippen LogP contribution in [-0.4, -0.2) is 25.0 Å². The van der Waals surface area contributed by atoms with Crippen molar-refractivity contribution in [2.24, 2.45) is 0 Å². The van der Waals surface area contributed by atoms with Crippen molar-refractivity contribution in [2.45, 2.75) is 43.6 Å². The average Bonchev–Trinajstić information content (AvgIpc) is 2.41. The minimum atomic E-state index is -0.280. The smallest absolute Gasteiger partial charge is 0.230 e. The number of carbonyl (C=O) groups is 1. The van der Waals surface area contributed by atoms with Crippen LogP contribution in [0.25, 0.3) is 0 Å². The molecule has 1 aliphatic carbocycles. The molecule has 0 radical (unpaired) electrons. The Bertz CT molecular complexity index is 476. The minimum absolute atomic E-state index is 0.222. The van der Waals surface area contributed by atoms with Gasteiger partial charge in [-0.1, -0.05) is 34.5 Å². The van der Waals surface area contributed by atoms with E-state index in [-0.39, 0.29) is 11.3 Å². The first-order valence-corrected chi connectivity index (χ1v) is 8.28. The van der Waals surface area contributed by atoms with Gasteiger partial charge in [-0.25, -0.2) is 0 Å². The minimum Gasteiger partial charge on any atom is -0.351 e. The van der Waals surface area contributed by atoms with Crippen LogP contribution in [0.2, 0.25) is 0 Å². The van der Waals surface area contributed by atoms with Crippen molar-refractivity contribution in [3.05, 3.63) is 34.3 Å². The van der Waals surface area contributed by atoms with E-state index in [2.05, 4.69) is 38.7 Å². The molecule has 1 atom stereocenters.